The normalized spacial score (nSPS) is 22.8. The van der Waals surface area contributed by atoms with Crippen molar-refractivity contribution in [2.24, 2.45) is 0 Å². The fourth-order valence-electron chi connectivity index (χ4n) is 2.46. The van der Waals surface area contributed by atoms with Gasteiger partial charge in [-0.3, -0.25) is 4.79 Å². The number of nitrogens with zero attached hydrogens (tertiary/aromatic N) is 1. The molecule has 1 fully saturated rings. The molecular formula is C14H16N2O3. The third-order valence-corrected chi connectivity index (χ3v) is 3.61. The topological polar surface area (TPSA) is 65.7 Å². The van der Waals surface area contributed by atoms with Crippen molar-refractivity contribution in [2.45, 2.75) is 12.1 Å². The van der Waals surface area contributed by atoms with E-state index in [1.165, 1.54) is 0 Å². The maximum Gasteiger partial charge on any atom is 0.289 e. The van der Waals surface area contributed by atoms with E-state index in [1.54, 1.807) is 18.0 Å². The molecule has 2 heterocycles. The standard InChI is InChI=1S/C14H16N2O3/c1-16(10-7-15-8-11(10)17)14(18)13-6-9-4-2-3-5-12(9)19-13/h2-6,10-11,15,17H,7-8H2,1H3/t10-,11-/m0/s1. The van der Waals surface area contributed by atoms with Crippen LogP contribution in [0.3, 0.4) is 0 Å². The number of nitrogens with one attached hydrogen (secondary N) is 1. The number of carbonyl (C=O) groups is 1. The summed E-state index contributed by atoms with van der Waals surface area (Å²) in [5.41, 5.74) is 0.698. The molecule has 3 rings (SSSR count). The van der Waals surface area contributed by atoms with Gasteiger partial charge in [0.25, 0.3) is 5.91 Å². The largest absolute Gasteiger partial charge is 0.451 e. The Morgan fingerprint density at radius 1 is 1.42 bits per heavy atom. The van der Waals surface area contributed by atoms with E-state index in [1.807, 2.05) is 24.3 Å². The summed E-state index contributed by atoms with van der Waals surface area (Å²) in [7, 11) is 1.69. The summed E-state index contributed by atoms with van der Waals surface area (Å²) in [6.07, 6.45) is -0.529. The van der Waals surface area contributed by atoms with E-state index in [9.17, 15) is 9.90 Å². The second-order valence-electron chi connectivity index (χ2n) is 4.86. The van der Waals surface area contributed by atoms with E-state index in [-0.39, 0.29) is 11.9 Å². The number of hydrogen-bond acceptors (Lipinski definition) is 4. The number of carbonyl (C=O) groups excluding carboxylic acids is 1. The number of hydrogen-bond donors (Lipinski definition) is 2. The summed E-state index contributed by atoms with van der Waals surface area (Å²) in [6, 6.07) is 9.04. The van der Waals surface area contributed by atoms with Gasteiger partial charge in [0, 0.05) is 25.5 Å². The van der Waals surface area contributed by atoms with Gasteiger partial charge in [-0.25, -0.2) is 0 Å². The van der Waals surface area contributed by atoms with Crippen LogP contribution < -0.4 is 5.32 Å². The molecule has 1 aromatic carbocycles. The molecule has 2 aromatic rings. The maximum atomic E-state index is 12.3. The van der Waals surface area contributed by atoms with Crippen LogP contribution in [0.25, 0.3) is 11.0 Å². The number of para-hydroxylation sites is 1. The zero-order valence-electron chi connectivity index (χ0n) is 10.7. The van der Waals surface area contributed by atoms with Gasteiger partial charge in [0.2, 0.25) is 0 Å². The lowest BCUT2D eigenvalue weighted by Crippen LogP contribution is -2.44. The van der Waals surface area contributed by atoms with Gasteiger partial charge < -0.3 is 19.7 Å². The van der Waals surface area contributed by atoms with E-state index < -0.39 is 6.10 Å². The Morgan fingerprint density at radius 3 is 2.89 bits per heavy atom. The van der Waals surface area contributed by atoms with Crippen LogP contribution in [0.4, 0.5) is 0 Å². The van der Waals surface area contributed by atoms with Crippen LogP contribution in [0, 0.1) is 0 Å². The molecule has 0 aliphatic carbocycles. The Labute approximate surface area is 110 Å². The molecule has 5 nitrogen and oxygen atoms in total. The molecule has 1 aliphatic heterocycles. The summed E-state index contributed by atoms with van der Waals surface area (Å²) in [5, 5.41) is 13.8. The van der Waals surface area contributed by atoms with Crippen molar-refractivity contribution in [3.8, 4) is 0 Å². The molecule has 0 bridgehead atoms. The first-order valence-corrected chi connectivity index (χ1v) is 6.31. The van der Waals surface area contributed by atoms with Gasteiger partial charge in [-0.2, -0.15) is 0 Å². The van der Waals surface area contributed by atoms with Crippen LogP contribution in [0.15, 0.2) is 34.7 Å². The number of likely N-dealkylation sites (N-methyl/N-ethyl adjacent to an activating group) is 1. The molecule has 19 heavy (non-hydrogen) atoms. The van der Waals surface area contributed by atoms with E-state index >= 15 is 0 Å². The van der Waals surface area contributed by atoms with Crippen LogP contribution >= 0.6 is 0 Å². The number of β-amino-alcohol motifs (C(OH)–C–C–N with tert-alkyl or cyclic N) is 1. The third-order valence-electron chi connectivity index (χ3n) is 3.61. The van der Waals surface area contributed by atoms with Crippen molar-refractivity contribution >= 4 is 16.9 Å². The van der Waals surface area contributed by atoms with Crippen LogP contribution in [-0.4, -0.2) is 48.2 Å². The van der Waals surface area contributed by atoms with Gasteiger partial charge in [-0.1, -0.05) is 18.2 Å². The van der Waals surface area contributed by atoms with Gasteiger partial charge in [0.05, 0.1) is 12.1 Å². The lowest BCUT2D eigenvalue weighted by molar-refractivity contribution is 0.0555. The maximum absolute atomic E-state index is 12.3. The molecule has 0 radical (unpaired) electrons. The third kappa shape index (κ3) is 2.11. The number of furan rings is 1. The minimum absolute atomic E-state index is 0.205. The molecule has 1 aliphatic rings. The average Bonchev–Trinajstić information content (AvgIpc) is 3.02. The molecule has 0 spiro atoms. The van der Waals surface area contributed by atoms with Crippen molar-refractivity contribution < 1.29 is 14.3 Å². The molecule has 100 valence electrons. The lowest BCUT2D eigenvalue weighted by Gasteiger charge is -2.25. The van der Waals surface area contributed by atoms with Crippen molar-refractivity contribution in [3.05, 3.63) is 36.1 Å². The number of fused-ring (bicyclic) bond motifs is 1. The first-order valence-electron chi connectivity index (χ1n) is 6.31. The fourth-order valence-corrected chi connectivity index (χ4v) is 2.46. The summed E-state index contributed by atoms with van der Waals surface area (Å²) >= 11 is 0. The molecule has 0 saturated carbocycles. The highest BCUT2D eigenvalue weighted by atomic mass is 16.3. The number of aliphatic hydroxyl groups is 1. The Hall–Kier alpha value is -1.85. The van der Waals surface area contributed by atoms with Gasteiger partial charge in [0.1, 0.15) is 5.58 Å². The highest BCUT2D eigenvalue weighted by molar-refractivity contribution is 5.96. The Bertz CT molecular complexity index is 575. The van der Waals surface area contributed by atoms with Gasteiger partial charge in [0.15, 0.2) is 5.76 Å². The first-order chi connectivity index (χ1) is 9.16. The molecule has 2 N–H and O–H groups in total. The smallest absolute Gasteiger partial charge is 0.289 e. The van der Waals surface area contributed by atoms with Gasteiger partial charge in [-0.15, -0.1) is 0 Å². The van der Waals surface area contributed by atoms with Crippen LogP contribution in [-0.2, 0) is 0 Å². The predicted molar refractivity (Wildman–Crippen MR) is 71.0 cm³/mol. The highest BCUT2D eigenvalue weighted by Crippen LogP contribution is 2.21. The van der Waals surface area contributed by atoms with E-state index in [2.05, 4.69) is 5.32 Å². The second kappa shape index (κ2) is 4.68. The fraction of sp³-hybridized carbons (Fsp3) is 0.357. The summed E-state index contributed by atoms with van der Waals surface area (Å²) in [6.45, 7) is 1.12. The van der Waals surface area contributed by atoms with Gasteiger partial charge >= 0.3 is 0 Å². The number of amides is 1. The molecular weight excluding hydrogens is 244 g/mol. The number of rotatable bonds is 2. The quantitative estimate of drug-likeness (QED) is 0.839. The second-order valence-corrected chi connectivity index (χ2v) is 4.86. The van der Waals surface area contributed by atoms with Crippen LogP contribution in [0.5, 0.6) is 0 Å². The van der Waals surface area contributed by atoms with Gasteiger partial charge in [-0.05, 0) is 12.1 Å². The summed E-state index contributed by atoms with van der Waals surface area (Å²) in [4.78, 5) is 13.9. The van der Waals surface area contributed by atoms with Crippen molar-refractivity contribution in [1.29, 1.82) is 0 Å². The van der Waals surface area contributed by atoms with Crippen LogP contribution in [0.2, 0.25) is 0 Å². The highest BCUT2D eigenvalue weighted by Gasteiger charge is 2.32. The molecule has 2 atom stereocenters. The average molecular weight is 260 g/mol. The molecule has 5 heteroatoms. The van der Waals surface area contributed by atoms with Crippen molar-refractivity contribution in [3.63, 3.8) is 0 Å². The molecule has 1 saturated heterocycles. The molecule has 0 unspecified atom stereocenters. The minimum Gasteiger partial charge on any atom is -0.451 e. The first kappa shape index (κ1) is 12.2. The SMILES string of the molecule is CN(C(=O)c1cc2ccccc2o1)[C@H]1CNC[C@@H]1O. The lowest BCUT2D eigenvalue weighted by atomic mass is 10.2. The number of benzene rings is 1. The monoisotopic (exact) mass is 260 g/mol. The van der Waals surface area contributed by atoms with Crippen LogP contribution in [0.1, 0.15) is 10.6 Å². The Kier molecular flexibility index (Phi) is 3.00. The zero-order valence-corrected chi connectivity index (χ0v) is 10.7. The zero-order chi connectivity index (χ0) is 13.4. The van der Waals surface area contributed by atoms with E-state index in [0.717, 1.165) is 5.39 Å². The Balaban J connectivity index is 1.86. The van der Waals surface area contributed by atoms with E-state index in [0.29, 0.717) is 24.4 Å². The summed E-state index contributed by atoms with van der Waals surface area (Å²) < 4.78 is 5.55. The van der Waals surface area contributed by atoms with E-state index in [4.69, 9.17) is 4.42 Å². The molecule has 1 amide bonds. The van der Waals surface area contributed by atoms with Crippen molar-refractivity contribution in [1.82, 2.24) is 10.2 Å². The predicted octanol–water partition coefficient (Wildman–Crippen LogP) is 0.837. The van der Waals surface area contributed by atoms with Crippen molar-refractivity contribution in [2.75, 3.05) is 20.1 Å². The summed E-state index contributed by atoms with van der Waals surface area (Å²) in [5.74, 6) is 0.103. The minimum atomic E-state index is -0.529. The molecule has 1 aromatic heterocycles. The Morgan fingerprint density at radius 2 is 2.21 bits per heavy atom. The number of aliphatic hydroxyl groups excluding tert-OH is 1.